The first-order valence-electron chi connectivity index (χ1n) is 7.58. The second-order valence-corrected chi connectivity index (χ2v) is 6.47. The third-order valence-electron chi connectivity index (χ3n) is 3.52. The summed E-state index contributed by atoms with van der Waals surface area (Å²) in [4.78, 5) is 23.2. The first-order valence-corrected chi connectivity index (χ1v) is 7.58. The number of carbonyl (C=O) groups is 2. The minimum Gasteiger partial charge on any atom is -0.733 e. The molecule has 0 aliphatic heterocycles. The fourth-order valence-electron chi connectivity index (χ4n) is 2.16. The maximum atomic E-state index is 11.9. The van der Waals surface area contributed by atoms with Crippen LogP contribution in [0.1, 0.15) is 26.3 Å². The number of ether oxygens (including phenoxy) is 3. The van der Waals surface area contributed by atoms with Crippen molar-refractivity contribution in [1.29, 1.82) is 0 Å². The van der Waals surface area contributed by atoms with E-state index in [-0.39, 0.29) is 22.7 Å². The summed E-state index contributed by atoms with van der Waals surface area (Å²) in [7, 11) is 2.74. The molecule has 0 fully saturated rings. The highest BCUT2D eigenvalue weighted by Crippen LogP contribution is 2.35. The molecule has 10 heteroatoms. The van der Waals surface area contributed by atoms with E-state index >= 15 is 0 Å². The summed E-state index contributed by atoms with van der Waals surface area (Å²) >= 11 is 0. The van der Waals surface area contributed by atoms with Crippen molar-refractivity contribution in [3.8, 4) is 11.5 Å². The van der Waals surface area contributed by atoms with Crippen LogP contribution in [0.5, 0.6) is 11.5 Å². The van der Waals surface area contributed by atoms with Crippen LogP contribution in [-0.2, 0) is 16.1 Å². The van der Waals surface area contributed by atoms with E-state index < -0.39 is 35.4 Å². The number of carbonyl (C=O) groups excluding carboxylic acids is 1. The molecule has 1 amide bonds. The lowest BCUT2D eigenvalue weighted by Gasteiger charge is -2.28. The quantitative estimate of drug-likeness (QED) is 0.614. The maximum absolute atomic E-state index is 11.9. The van der Waals surface area contributed by atoms with E-state index in [1.165, 1.54) is 26.4 Å². The minimum atomic E-state index is -1.21. The van der Waals surface area contributed by atoms with E-state index in [1.807, 2.05) is 0 Å². The number of hydrogen-bond acceptors (Lipinski definition) is 8. The van der Waals surface area contributed by atoms with Gasteiger partial charge in [0.05, 0.1) is 19.9 Å². The molecule has 0 saturated heterocycles. The number of nitrogens with one attached hydrogen (secondary N) is 1. The summed E-state index contributed by atoms with van der Waals surface area (Å²) in [5.41, 5.74) is -0.810. The van der Waals surface area contributed by atoms with Gasteiger partial charge in [0.2, 0.25) is 0 Å². The number of carboxylic acid groups (broad SMARTS) is 1. The molecule has 1 aromatic carbocycles. The molecule has 1 aromatic rings. The van der Waals surface area contributed by atoms with Crippen molar-refractivity contribution in [3.05, 3.63) is 22.9 Å². The second-order valence-electron chi connectivity index (χ2n) is 6.47. The predicted molar refractivity (Wildman–Crippen MR) is 91.4 cm³/mol. The number of nitrogens with zero attached hydrogens (tertiary/aromatic N) is 1. The molecule has 146 valence electrons. The highest BCUT2D eigenvalue weighted by Gasteiger charge is 2.33. The zero-order valence-electron chi connectivity index (χ0n) is 15.2. The average Bonchev–Trinajstić information content (AvgIpc) is 2.55. The van der Waals surface area contributed by atoms with Crippen molar-refractivity contribution in [2.45, 2.75) is 33.4 Å². The molecule has 0 aromatic heterocycles. The number of anilines is 1. The van der Waals surface area contributed by atoms with Crippen LogP contribution in [0.2, 0.25) is 0 Å². The number of amides is 1. The first kappa shape index (κ1) is 21.3. The van der Waals surface area contributed by atoms with Gasteiger partial charge in [0, 0.05) is 11.6 Å². The van der Waals surface area contributed by atoms with E-state index in [9.17, 15) is 25.1 Å². The third-order valence-corrected chi connectivity index (χ3v) is 3.52. The molecular weight excluding hydrogens is 348 g/mol. The van der Waals surface area contributed by atoms with Gasteiger partial charge < -0.3 is 35.1 Å². The normalized spacial score (nSPS) is 12.1. The number of hydrogen-bond donors (Lipinski definition) is 3. The molecule has 3 N–H and O–H groups in total. The van der Waals surface area contributed by atoms with Gasteiger partial charge in [0.15, 0.2) is 11.5 Å². The summed E-state index contributed by atoms with van der Waals surface area (Å²) in [6.45, 7) is 4.55. The molecule has 1 atom stereocenters. The lowest BCUT2D eigenvalue weighted by Crippen LogP contribution is -2.49. The van der Waals surface area contributed by atoms with Crippen LogP contribution >= 0.6 is 0 Å². The Balaban J connectivity index is 2.95. The molecular formula is C16H23N2O8-. The largest absolute Gasteiger partial charge is 0.733 e. The Morgan fingerprint density at radius 3 is 2.19 bits per heavy atom. The fraction of sp³-hybridized carbons (Fsp3) is 0.500. The van der Waals surface area contributed by atoms with Crippen molar-refractivity contribution >= 4 is 17.7 Å². The second kappa shape index (κ2) is 8.59. The topological polar surface area (TPSA) is 141 Å². The van der Waals surface area contributed by atoms with Gasteiger partial charge in [0.1, 0.15) is 12.6 Å². The van der Waals surface area contributed by atoms with Gasteiger partial charge in [-0.25, -0.2) is 9.59 Å². The molecule has 0 heterocycles. The molecule has 26 heavy (non-hydrogen) atoms. The fourth-order valence-corrected chi connectivity index (χ4v) is 2.16. The van der Waals surface area contributed by atoms with Crippen LogP contribution in [0.3, 0.4) is 0 Å². The number of benzene rings is 1. The number of rotatable bonds is 7. The zero-order valence-corrected chi connectivity index (χ0v) is 15.2. The number of methoxy groups -OCH3 is 2. The van der Waals surface area contributed by atoms with Crippen molar-refractivity contribution in [1.82, 2.24) is 5.32 Å². The summed E-state index contributed by atoms with van der Waals surface area (Å²) in [5.74, 6) is -0.748. The van der Waals surface area contributed by atoms with Gasteiger partial charge in [-0.1, -0.05) is 20.8 Å². The van der Waals surface area contributed by atoms with Crippen LogP contribution in [0.15, 0.2) is 12.1 Å². The van der Waals surface area contributed by atoms with Crippen molar-refractivity contribution < 1.29 is 34.1 Å². The van der Waals surface area contributed by atoms with Crippen molar-refractivity contribution in [2.75, 3.05) is 19.4 Å². The molecule has 0 bridgehead atoms. The van der Waals surface area contributed by atoms with Gasteiger partial charge in [-0.3, -0.25) is 5.21 Å². The molecule has 1 unspecified atom stereocenters. The van der Waals surface area contributed by atoms with Crippen LogP contribution in [0, 0.1) is 10.6 Å². The van der Waals surface area contributed by atoms with E-state index in [0.29, 0.717) is 0 Å². The Morgan fingerprint density at radius 1 is 1.23 bits per heavy atom. The van der Waals surface area contributed by atoms with E-state index in [4.69, 9.17) is 14.2 Å². The molecule has 10 nitrogen and oxygen atoms in total. The Hall–Kier alpha value is -2.72. The highest BCUT2D eigenvalue weighted by atomic mass is 16.8. The zero-order chi connectivity index (χ0) is 20.1. The van der Waals surface area contributed by atoms with E-state index in [1.54, 1.807) is 20.8 Å². The highest BCUT2D eigenvalue weighted by molar-refractivity contribution is 5.80. The van der Waals surface area contributed by atoms with Gasteiger partial charge in [-0.15, -0.1) is 0 Å². The molecule has 1 rings (SSSR count). The molecule has 0 aliphatic rings. The van der Waals surface area contributed by atoms with Gasteiger partial charge in [0.25, 0.3) is 0 Å². The summed E-state index contributed by atoms with van der Waals surface area (Å²) in [6, 6.07) is 1.41. The predicted octanol–water partition coefficient (Wildman–Crippen LogP) is 2.12. The van der Waals surface area contributed by atoms with Gasteiger partial charge in [-0.2, -0.15) is 0 Å². The van der Waals surface area contributed by atoms with Crippen molar-refractivity contribution in [3.63, 3.8) is 0 Å². The number of carboxylic acids is 1. The standard InChI is InChI=1S/C16H23N2O8/c1-16(2,3)13(14(19)20)17-15(21)26-8-9-6-11(24-4)12(25-5)7-10(9)18(22)23/h6-7,13,22H,8H2,1-5H3,(H,17,21)(H,19,20)/q-1. The van der Waals surface area contributed by atoms with E-state index in [0.717, 1.165) is 0 Å². The molecule has 0 spiro atoms. The smallest absolute Gasteiger partial charge is 0.408 e. The summed E-state index contributed by atoms with van der Waals surface area (Å²) in [6.07, 6.45) is -0.983. The van der Waals surface area contributed by atoms with E-state index in [2.05, 4.69) is 5.32 Å². The Bertz CT molecular complexity index is 654. The monoisotopic (exact) mass is 371 g/mol. The molecule has 0 aliphatic carbocycles. The average molecular weight is 371 g/mol. The Labute approximate surface area is 150 Å². The SMILES string of the molecule is COc1cc(COC(=O)NC(C(=O)O)C(C)(C)C)c(N([O-])O)cc1OC. The first-order chi connectivity index (χ1) is 12.0. The number of aliphatic carboxylic acids is 1. The lowest BCUT2D eigenvalue weighted by atomic mass is 9.87. The Kier molecular flexibility index (Phi) is 7.04. The molecule has 0 saturated carbocycles. The Morgan fingerprint density at radius 2 is 1.77 bits per heavy atom. The lowest BCUT2D eigenvalue weighted by molar-refractivity contribution is -0.142. The minimum absolute atomic E-state index is 0.137. The summed E-state index contributed by atoms with van der Waals surface area (Å²) in [5, 5.41) is 31.6. The maximum Gasteiger partial charge on any atom is 0.408 e. The third kappa shape index (κ3) is 5.39. The van der Waals surface area contributed by atoms with Gasteiger partial charge in [-0.05, 0) is 11.5 Å². The molecule has 0 radical (unpaired) electrons. The summed E-state index contributed by atoms with van der Waals surface area (Å²) < 4.78 is 15.1. The van der Waals surface area contributed by atoms with Crippen LogP contribution in [0.25, 0.3) is 0 Å². The number of alkyl carbamates (subject to hydrolysis) is 1. The van der Waals surface area contributed by atoms with Crippen LogP contribution in [0.4, 0.5) is 10.5 Å². The van der Waals surface area contributed by atoms with Crippen molar-refractivity contribution in [2.24, 2.45) is 5.41 Å². The van der Waals surface area contributed by atoms with Gasteiger partial charge >= 0.3 is 12.1 Å². The van der Waals surface area contributed by atoms with Crippen LogP contribution < -0.4 is 20.0 Å². The van der Waals surface area contributed by atoms with Crippen LogP contribution in [-0.4, -0.2) is 42.6 Å².